The van der Waals surface area contributed by atoms with Gasteiger partial charge in [0.2, 0.25) is 5.91 Å². The van der Waals surface area contributed by atoms with Crippen LogP contribution in [0.4, 0.5) is 0 Å². The van der Waals surface area contributed by atoms with Gasteiger partial charge in [0.25, 0.3) is 0 Å². The van der Waals surface area contributed by atoms with Gasteiger partial charge in [0, 0.05) is 5.92 Å². The van der Waals surface area contributed by atoms with Crippen molar-refractivity contribution in [3.8, 4) is 0 Å². The van der Waals surface area contributed by atoms with E-state index in [0.717, 1.165) is 25.7 Å². The second kappa shape index (κ2) is 10.8. The normalized spacial score (nSPS) is 11.3. The van der Waals surface area contributed by atoms with Gasteiger partial charge in [-0.2, -0.15) is 12.6 Å². The highest BCUT2D eigenvalue weighted by atomic mass is 32.1. The molecule has 0 bridgehead atoms. The molecule has 0 aliphatic carbocycles. The molecule has 3 heteroatoms. The summed E-state index contributed by atoms with van der Waals surface area (Å²) >= 11 is 3.53. The zero-order chi connectivity index (χ0) is 9.98. The summed E-state index contributed by atoms with van der Waals surface area (Å²) in [5.74, 6) is -0.0316. The Bertz CT molecular complexity index is 107. The zero-order valence-electron chi connectivity index (χ0n) is 8.34. The van der Waals surface area contributed by atoms with Gasteiger partial charge in [-0.05, 0) is 19.1 Å². The molecule has 0 fully saturated rings. The van der Waals surface area contributed by atoms with Crippen molar-refractivity contribution < 1.29 is 4.79 Å². The van der Waals surface area contributed by atoms with E-state index in [2.05, 4.69) is 19.6 Å². The van der Waals surface area contributed by atoms with E-state index >= 15 is 0 Å². The minimum atomic E-state index is -0.143. The number of unbranched alkanes of at least 4 members (excludes halogenated alkanes) is 1. The molecule has 74 valence electrons. The lowest BCUT2D eigenvalue weighted by Gasteiger charge is -2.08. The standard InChI is InChI=1S/C8H17NO.CH4S/c1-3-5-6-7(4-2)8(9)10;1-2/h7H,3-6H2,1-2H3,(H2,9,10);2H,1H3. The number of hydrogen-bond donors (Lipinski definition) is 2. The van der Waals surface area contributed by atoms with Crippen molar-refractivity contribution in [3.63, 3.8) is 0 Å². The van der Waals surface area contributed by atoms with Crippen molar-refractivity contribution in [1.29, 1.82) is 0 Å². The van der Waals surface area contributed by atoms with E-state index in [1.807, 2.05) is 6.92 Å². The maximum atomic E-state index is 10.7. The third kappa shape index (κ3) is 7.92. The Balaban J connectivity index is 0. The molecule has 1 atom stereocenters. The summed E-state index contributed by atoms with van der Waals surface area (Å²) in [4.78, 5) is 10.7. The van der Waals surface area contributed by atoms with Crippen molar-refractivity contribution in [2.75, 3.05) is 6.26 Å². The fraction of sp³-hybridized carbons (Fsp3) is 0.889. The molecule has 2 N–H and O–H groups in total. The molecule has 12 heavy (non-hydrogen) atoms. The maximum absolute atomic E-state index is 10.7. The number of amides is 1. The number of nitrogens with two attached hydrogens (primary N) is 1. The van der Waals surface area contributed by atoms with Crippen LogP contribution in [0.5, 0.6) is 0 Å². The van der Waals surface area contributed by atoms with Gasteiger partial charge in [0.15, 0.2) is 0 Å². The van der Waals surface area contributed by atoms with E-state index in [1.165, 1.54) is 0 Å². The molecular weight excluding hydrogens is 170 g/mol. The van der Waals surface area contributed by atoms with Gasteiger partial charge in [-0.3, -0.25) is 4.79 Å². The molecule has 2 nitrogen and oxygen atoms in total. The quantitative estimate of drug-likeness (QED) is 0.643. The number of thiol groups is 1. The average Bonchev–Trinajstić information content (AvgIpc) is 2.09. The van der Waals surface area contributed by atoms with E-state index in [-0.39, 0.29) is 11.8 Å². The molecule has 0 aromatic heterocycles. The molecule has 0 aliphatic heterocycles. The van der Waals surface area contributed by atoms with Gasteiger partial charge >= 0.3 is 0 Å². The van der Waals surface area contributed by atoms with E-state index in [4.69, 9.17) is 5.73 Å². The second-order valence-corrected chi connectivity index (χ2v) is 2.65. The number of carbonyl (C=O) groups is 1. The van der Waals surface area contributed by atoms with Crippen molar-refractivity contribution in [2.24, 2.45) is 11.7 Å². The lowest BCUT2D eigenvalue weighted by Crippen LogP contribution is -2.22. The van der Waals surface area contributed by atoms with Crippen molar-refractivity contribution >= 4 is 18.5 Å². The summed E-state index contributed by atoms with van der Waals surface area (Å²) in [7, 11) is 0. The molecule has 0 rings (SSSR count). The first-order valence-corrected chi connectivity index (χ1v) is 5.35. The number of primary amides is 1. The molecule has 0 aromatic rings. The van der Waals surface area contributed by atoms with E-state index in [0.29, 0.717) is 0 Å². The van der Waals surface area contributed by atoms with E-state index < -0.39 is 0 Å². The first-order chi connectivity index (χ1) is 5.72. The summed E-state index contributed by atoms with van der Waals surface area (Å²) in [6.07, 6.45) is 5.79. The van der Waals surface area contributed by atoms with Crippen LogP contribution < -0.4 is 5.73 Å². The first kappa shape index (κ1) is 14.3. The molecular formula is C9H21NOS. The summed E-state index contributed by atoms with van der Waals surface area (Å²) in [6, 6.07) is 0. The fourth-order valence-electron chi connectivity index (χ4n) is 0.998. The van der Waals surface area contributed by atoms with Crippen LogP contribution in [-0.4, -0.2) is 12.2 Å². The minimum Gasteiger partial charge on any atom is -0.369 e. The van der Waals surface area contributed by atoms with Gasteiger partial charge in [0.05, 0.1) is 0 Å². The Hall–Kier alpha value is -0.180. The topological polar surface area (TPSA) is 43.1 Å². The number of carbonyl (C=O) groups excluding carboxylic acids is 1. The van der Waals surface area contributed by atoms with Crippen LogP contribution in [0, 0.1) is 5.92 Å². The van der Waals surface area contributed by atoms with Crippen LogP contribution >= 0.6 is 12.6 Å². The Morgan fingerprint density at radius 1 is 1.42 bits per heavy atom. The Labute approximate surface area is 81.3 Å². The monoisotopic (exact) mass is 191 g/mol. The van der Waals surface area contributed by atoms with E-state index in [9.17, 15) is 4.79 Å². The molecule has 0 saturated heterocycles. The Morgan fingerprint density at radius 2 is 1.92 bits per heavy atom. The molecule has 1 amide bonds. The third-order valence-corrected chi connectivity index (χ3v) is 1.80. The zero-order valence-corrected chi connectivity index (χ0v) is 9.23. The predicted molar refractivity (Wildman–Crippen MR) is 57.4 cm³/mol. The maximum Gasteiger partial charge on any atom is 0.220 e. The van der Waals surface area contributed by atoms with Crippen LogP contribution in [0.1, 0.15) is 39.5 Å². The van der Waals surface area contributed by atoms with Crippen LogP contribution in [0.2, 0.25) is 0 Å². The summed E-state index contributed by atoms with van der Waals surface area (Å²) < 4.78 is 0. The van der Waals surface area contributed by atoms with Gasteiger partial charge in [-0.1, -0.05) is 26.7 Å². The van der Waals surface area contributed by atoms with E-state index in [1.54, 1.807) is 6.26 Å². The molecule has 0 spiro atoms. The molecule has 1 unspecified atom stereocenters. The predicted octanol–water partition coefficient (Wildman–Crippen LogP) is 2.23. The van der Waals surface area contributed by atoms with Gasteiger partial charge in [0.1, 0.15) is 0 Å². The lowest BCUT2D eigenvalue weighted by atomic mass is 9.99. The van der Waals surface area contributed by atoms with Crippen molar-refractivity contribution in [1.82, 2.24) is 0 Å². The molecule has 0 aliphatic rings. The molecule has 0 heterocycles. The fourth-order valence-corrected chi connectivity index (χ4v) is 0.998. The van der Waals surface area contributed by atoms with Crippen molar-refractivity contribution in [2.45, 2.75) is 39.5 Å². The first-order valence-electron chi connectivity index (χ1n) is 4.46. The molecule has 0 saturated carbocycles. The summed E-state index contributed by atoms with van der Waals surface area (Å²) in [5.41, 5.74) is 5.15. The third-order valence-electron chi connectivity index (χ3n) is 1.80. The van der Waals surface area contributed by atoms with Gasteiger partial charge in [-0.25, -0.2) is 0 Å². The molecule has 0 aromatic carbocycles. The second-order valence-electron chi connectivity index (χ2n) is 2.65. The van der Waals surface area contributed by atoms with Crippen LogP contribution in [-0.2, 0) is 4.79 Å². The lowest BCUT2D eigenvalue weighted by molar-refractivity contribution is -0.122. The highest BCUT2D eigenvalue weighted by molar-refractivity contribution is 7.79. The number of hydrogen-bond acceptors (Lipinski definition) is 2. The largest absolute Gasteiger partial charge is 0.369 e. The Kier molecular flexibility index (Phi) is 12.9. The van der Waals surface area contributed by atoms with Crippen LogP contribution in [0.3, 0.4) is 0 Å². The number of rotatable bonds is 5. The minimum absolute atomic E-state index is 0.111. The Morgan fingerprint density at radius 3 is 2.17 bits per heavy atom. The van der Waals surface area contributed by atoms with Gasteiger partial charge < -0.3 is 5.73 Å². The van der Waals surface area contributed by atoms with Crippen molar-refractivity contribution in [3.05, 3.63) is 0 Å². The average molecular weight is 191 g/mol. The van der Waals surface area contributed by atoms with Crippen LogP contribution in [0.15, 0.2) is 0 Å². The smallest absolute Gasteiger partial charge is 0.220 e. The SMILES string of the molecule is CCCCC(CC)C(N)=O.CS. The van der Waals surface area contributed by atoms with Gasteiger partial charge in [-0.15, -0.1) is 0 Å². The highest BCUT2D eigenvalue weighted by Gasteiger charge is 2.10. The molecule has 0 radical (unpaired) electrons. The van der Waals surface area contributed by atoms with Crippen LogP contribution in [0.25, 0.3) is 0 Å². The summed E-state index contributed by atoms with van der Waals surface area (Å²) in [6.45, 7) is 4.12. The summed E-state index contributed by atoms with van der Waals surface area (Å²) in [5, 5.41) is 0. The highest BCUT2D eigenvalue weighted by Crippen LogP contribution is 2.10.